The zero-order valence-corrected chi connectivity index (χ0v) is 11.8. The Morgan fingerprint density at radius 1 is 1.28 bits per heavy atom. The standard InChI is InChI=1S/C15H21ClFN/c1-10(12-5-3-4-6-12)18-11(2)13-7-8-15(17)14(16)9-13/h7-12,18H,3-6H2,1-2H3/t10-,11?/m0/s1. The van der Waals surface area contributed by atoms with Gasteiger partial charge in [-0.3, -0.25) is 0 Å². The lowest BCUT2D eigenvalue weighted by Gasteiger charge is -2.25. The van der Waals surface area contributed by atoms with Gasteiger partial charge in [-0.05, 0) is 50.3 Å². The van der Waals surface area contributed by atoms with Crippen molar-refractivity contribution in [3.63, 3.8) is 0 Å². The molecule has 18 heavy (non-hydrogen) atoms. The number of hydrogen-bond acceptors (Lipinski definition) is 1. The molecule has 0 aliphatic heterocycles. The molecule has 1 aliphatic rings. The van der Waals surface area contributed by atoms with Crippen LogP contribution in [0.1, 0.15) is 51.1 Å². The van der Waals surface area contributed by atoms with Crippen molar-refractivity contribution in [2.45, 2.75) is 51.6 Å². The molecule has 100 valence electrons. The van der Waals surface area contributed by atoms with E-state index in [4.69, 9.17) is 11.6 Å². The molecule has 1 unspecified atom stereocenters. The molecule has 0 heterocycles. The first-order valence-electron chi connectivity index (χ1n) is 6.79. The van der Waals surface area contributed by atoms with Crippen molar-refractivity contribution in [1.82, 2.24) is 5.32 Å². The minimum Gasteiger partial charge on any atom is -0.307 e. The molecule has 1 aliphatic carbocycles. The summed E-state index contributed by atoms with van der Waals surface area (Å²) < 4.78 is 13.1. The summed E-state index contributed by atoms with van der Waals surface area (Å²) in [6, 6.07) is 5.68. The van der Waals surface area contributed by atoms with Gasteiger partial charge in [0.1, 0.15) is 5.82 Å². The van der Waals surface area contributed by atoms with Crippen LogP contribution in [-0.2, 0) is 0 Å². The van der Waals surface area contributed by atoms with Gasteiger partial charge in [0.15, 0.2) is 0 Å². The van der Waals surface area contributed by atoms with Crippen molar-refractivity contribution in [3.05, 3.63) is 34.6 Å². The molecule has 2 rings (SSSR count). The van der Waals surface area contributed by atoms with E-state index in [2.05, 4.69) is 19.2 Å². The first-order chi connectivity index (χ1) is 8.58. The number of nitrogens with one attached hydrogen (secondary N) is 1. The Morgan fingerprint density at radius 2 is 1.94 bits per heavy atom. The minimum atomic E-state index is -0.351. The topological polar surface area (TPSA) is 12.0 Å². The van der Waals surface area contributed by atoms with Gasteiger partial charge in [-0.1, -0.05) is 30.5 Å². The summed E-state index contributed by atoms with van der Waals surface area (Å²) in [5.41, 5.74) is 1.05. The fourth-order valence-electron chi connectivity index (χ4n) is 2.87. The van der Waals surface area contributed by atoms with E-state index in [1.165, 1.54) is 31.7 Å². The van der Waals surface area contributed by atoms with Crippen molar-refractivity contribution in [2.75, 3.05) is 0 Å². The number of rotatable bonds is 4. The van der Waals surface area contributed by atoms with Crippen LogP contribution in [0.4, 0.5) is 4.39 Å². The van der Waals surface area contributed by atoms with E-state index in [0.29, 0.717) is 6.04 Å². The van der Waals surface area contributed by atoms with Gasteiger partial charge in [0, 0.05) is 12.1 Å². The maximum atomic E-state index is 13.1. The summed E-state index contributed by atoms with van der Waals surface area (Å²) in [6.07, 6.45) is 5.36. The van der Waals surface area contributed by atoms with E-state index in [1.54, 1.807) is 12.1 Å². The Morgan fingerprint density at radius 3 is 2.56 bits per heavy atom. The molecule has 0 bridgehead atoms. The lowest BCUT2D eigenvalue weighted by molar-refractivity contribution is 0.352. The van der Waals surface area contributed by atoms with E-state index in [-0.39, 0.29) is 16.9 Å². The molecule has 0 saturated heterocycles. The molecule has 3 heteroatoms. The fourth-order valence-corrected chi connectivity index (χ4v) is 3.05. The first kappa shape index (κ1) is 13.8. The van der Waals surface area contributed by atoms with Crippen molar-refractivity contribution in [3.8, 4) is 0 Å². The summed E-state index contributed by atoms with van der Waals surface area (Å²) in [7, 11) is 0. The Kier molecular flexibility index (Phi) is 4.63. The van der Waals surface area contributed by atoms with Crippen LogP contribution in [0.15, 0.2) is 18.2 Å². The Labute approximate surface area is 114 Å². The van der Waals surface area contributed by atoms with Crippen LogP contribution < -0.4 is 5.32 Å². The van der Waals surface area contributed by atoms with Crippen molar-refractivity contribution >= 4 is 11.6 Å². The third kappa shape index (κ3) is 3.24. The van der Waals surface area contributed by atoms with Crippen molar-refractivity contribution in [1.29, 1.82) is 0 Å². The van der Waals surface area contributed by atoms with Crippen LogP contribution in [0.3, 0.4) is 0 Å². The smallest absolute Gasteiger partial charge is 0.141 e. The van der Waals surface area contributed by atoms with E-state index in [9.17, 15) is 4.39 Å². The zero-order valence-electron chi connectivity index (χ0n) is 11.0. The molecule has 1 fully saturated rings. The van der Waals surface area contributed by atoms with Gasteiger partial charge in [0.05, 0.1) is 5.02 Å². The van der Waals surface area contributed by atoms with E-state index >= 15 is 0 Å². The van der Waals surface area contributed by atoms with Crippen LogP contribution in [-0.4, -0.2) is 6.04 Å². The predicted octanol–water partition coefficient (Wildman–Crippen LogP) is 4.71. The average Bonchev–Trinajstić information content (AvgIpc) is 2.86. The SMILES string of the molecule is CC(N[C@@H](C)C1CCCC1)c1ccc(F)c(Cl)c1. The maximum Gasteiger partial charge on any atom is 0.141 e. The Balaban J connectivity index is 1.97. The van der Waals surface area contributed by atoms with E-state index < -0.39 is 0 Å². The lowest BCUT2D eigenvalue weighted by atomic mass is 9.98. The number of hydrogen-bond donors (Lipinski definition) is 1. The highest BCUT2D eigenvalue weighted by atomic mass is 35.5. The normalized spacial score (nSPS) is 20.0. The summed E-state index contributed by atoms with van der Waals surface area (Å²) >= 11 is 5.82. The van der Waals surface area contributed by atoms with Crippen LogP contribution in [0.25, 0.3) is 0 Å². The molecule has 0 aromatic heterocycles. The molecular formula is C15H21ClFN. The maximum absolute atomic E-state index is 13.1. The molecule has 0 radical (unpaired) electrons. The van der Waals surface area contributed by atoms with Gasteiger partial charge in [0.2, 0.25) is 0 Å². The Hall–Kier alpha value is -0.600. The second-order valence-corrected chi connectivity index (χ2v) is 5.80. The lowest BCUT2D eigenvalue weighted by Crippen LogP contribution is -2.34. The monoisotopic (exact) mass is 269 g/mol. The second kappa shape index (κ2) is 6.03. The number of benzene rings is 1. The van der Waals surface area contributed by atoms with Crippen LogP contribution in [0.5, 0.6) is 0 Å². The van der Waals surface area contributed by atoms with Crippen LogP contribution in [0, 0.1) is 11.7 Å². The first-order valence-corrected chi connectivity index (χ1v) is 7.16. The molecule has 1 N–H and O–H groups in total. The third-order valence-corrected chi connectivity index (χ3v) is 4.35. The third-order valence-electron chi connectivity index (χ3n) is 4.06. The summed E-state index contributed by atoms with van der Waals surface area (Å²) in [4.78, 5) is 0. The van der Waals surface area contributed by atoms with Gasteiger partial charge >= 0.3 is 0 Å². The Bertz CT molecular complexity index is 401. The summed E-state index contributed by atoms with van der Waals surface area (Å²) in [5, 5.41) is 3.81. The zero-order chi connectivity index (χ0) is 13.1. The van der Waals surface area contributed by atoms with Gasteiger partial charge in [0.25, 0.3) is 0 Å². The largest absolute Gasteiger partial charge is 0.307 e. The molecule has 1 nitrogen and oxygen atoms in total. The number of halogens is 2. The molecule has 1 aromatic rings. The van der Waals surface area contributed by atoms with Gasteiger partial charge in [-0.15, -0.1) is 0 Å². The highest BCUT2D eigenvalue weighted by molar-refractivity contribution is 6.30. The predicted molar refractivity (Wildman–Crippen MR) is 74.4 cm³/mol. The molecule has 0 amide bonds. The average molecular weight is 270 g/mol. The van der Waals surface area contributed by atoms with Crippen LogP contribution >= 0.6 is 11.6 Å². The second-order valence-electron chi connectivity index (χ2n) is 5.40. The van der Waals surface area contributed by atoms with E-state index in [1.807, 2.05) is 0 Å². The summed E-state index contributed by atoms with van der Waals surface area (Å²) in [6.45, 7) is 4.35. The van der Waals surface area contributed by atoms with Gasteiger partial charge < -0.3 is 5.32 Å². The van der Waals surface area contributed by atoms with Gasteiger partial charge in [-0.25, -0.2) is 4.39 Å². The fraction of sp³-hybridized carbons (Fsp3) is 0.600. The quantitative estimate of drug-likeness (QED) is 0.835. The molecule has 1 saturated carbocycles. The van der Waals surface area contributed by atoms with Crippen molar-refractivity contribution < 1.29 is 4.39 Å². The highest BCUT2D eigenvalue weighted by Crippen LogP contribution is 2.29. The van der Waals surface area contributed by atoms with E-state index in [0.717, 1.165) is 11.5 Å². The van der Waals surface area contributed by atoms with Gasteiger partial charge in [-0.2, -0.15) is 0 Å². The summed E-state index contributed by atoms with van der Waals surface area (Å²) in [5.74, 6) is 0.430. The molecular weight excluding hydrogens is 249 g/mol. The molecule has 1 aromatic carbocycles. The van der Waals surface area contributed by atoms with Crippen molar-refractivity contribution in [2.24, 2.45) is 5.92 Å². The molecule has 2 atom stereocenters. The molecule has 0 spiro atoms. The highest BCUT2D eigenvalue weighted by Gasteiger charge is 2.22. The minimum absolute atomic E-state index is 0.203. The van der Waals surface area contributed by atoms with Crippen LogP contribution in [0.2, 0.25) is 5.02 Å².